The molecule has 7 atom stereocenters. The van der Waals surface area contributed by atoms with E-state index in [1.54, 1.807) is 6.08 Å². The highest BCUT2D eigenvalue weighted by Gasteiger charge is 2.44. The van der Waals surface area contributed by atoms with Crippen LogP contribution in [0.15, 0.2) is 24.3 Å². The number of carbonyl (C=O) groups excluding carboxylic acids is 1. The Morgan fingerprint density at radius 1 is 0.458 bits per heavy atom. The number of rotatable bonds is 55. The molecule has 72 heavy (non-hydrogen) atoms. The molecule has 0 bridgehead atoms. The summed E-state index contributed by atoms with van der Waals surface area (Å²) in [6.45, 7) is 3.71. The Morgan fingerprint density at radius 3 is 1.15 bits per heavy atom. The average molecular weight is 1020 g/mol. The van der Waals surface area contributed by atoms with Crippen LogP contribution >= 0.6 is 0 Å². The van der Waals surface area contributed by atoms with Gasteiger partial charge in [0.1, 0.15) is 24.4 Å². The minimum absolute atomic E-state index is 0.185. The van der Waals surface area contributed by atoms with Crippen LogP contribution in [-0.4, -0.2) is 87.5 Å². The Hall–Kier alpha value is -1.33. The van der Waals surface area contributed by atoms with Gasteiger partial charge in [-0.25, -0.2) is 0 Å². The molecule has 9 heteroatoms. The second-order valence-corrected chi connectivity index (χ2v) is 22.2. The zero-order valence-electron chi connectivity index (χ0n) is 47.5. The van der Waals surface area contributed by atoms with E-state index in [1.807, 2.05) is 6.08 Å². The molecular weight excluding hydrogens is 899 g/mol. The molecule has 0 aromatic carbocycles. The molecule has 6 N–H and O–H groups in total. The van der Waals surface area contributed by atoms with Crippen LogP contribution in [-0.2, 0) is 14.3 Å². The van der Waals surface area contributed by atoms with Crippen molar-refractivity contribution in [3.8, 4) is 0 Å². The third-order valence-electron chi connectivity index (χ3n) is 15.3. The Kier molecular flexibility index (Phi) is 50.6. The van der Waals surface area contributed by atoms with Gasteiger partial charge in [-0.15, -0.1) is 0 Å². The quantitative estimate of drug-likeness (QED) is 0.0261. The van der Waals surface area contributed by atoms with Crippen LogP contribution in [0.5, 0.6) is 0 Å². The van der Waals surface area contributed by atoms with Gasteiger partial charge in [-0.05, 0) is 25.7 Å². The second-order valence-electron chi connectivity index (χ2n) is 22.2. The molecule has 0 aromatic heterocycles. The molecule has 1 saturated heterocycles. The monoisotopic (exact) mass is 1020 g/mol. The summed E-state index contributed by atoms with van der Waals surface area (Å²) in [6.07, 6.45) is 62.0. The minimum Gasteiger partial charge on any atom is -0.394 e. The van der Waals surface area contributed by atoms with E-state index in [0.29, 0.717) is 6.42 Å². The van der Waals surface area contributed by atoms with Crippen molar-refractivity contribution in [3.05, 3.63) is 24.3 Å². The fourth-order valence-corrected chi connectivity index (χ4v) is 10.3. The fourth-order valence-electron chi connectivity index (χ4n) is 10.3. The number of aliphatic hydroxyl groups excluding tert-OH is 5. The Balaban J connectivity index is 1.93. The number of aliphatic hydroxyl groups is 5. The predicted octanol–water partition coefficient (Wildman–Crippen LogP) is 16.1. The Bertz CT molecular complexity index is 1180. The van der Waals surface area contributed by atoms with Crippen molar-refractivity contribution >= 4 is 5.91 Å². The van der Waals surface area contributed by atoms with Crippen molar-refractivity contribution < 1.29 is 39.8 Å². The van der Waals surface area contributed by atoms with Gasteiger partial charge >= 0.3 is 0 Å². The maximum absolute atomic E-state index is 13.0. The molecule has 0 aromatic rings. The highest BCUT2D eigenvalue weighted by molar-refractivity contribution is 5.76. The molecule has 1 amide bonds. The predicted molar refractivity (Wildman–Crippen MR) is 304 cm³/mol. The lowest BCUT2D eigenvalue weighted by Gasteiger charge is -2.40. The van der Waals surface area contributed by atoms with E-state index >= 15 is 0 Å². The van der Waals surface area contributed by atoms with Gasteiger partial charge < -0.3 is 40.3 Å². The van der Waals surface area contributed by atoms with Crippen molar-refractivity contribution in [1.82, 2.24) is 5.32 Å². The lowest BCUT2D eigenvalue weighted by molar-refractivity contribution is -0.302. The van der Waals surface area contributed by atoms with Crippen LogP contribution < -0.4 is 5.32 Å². The van der Waals surface area contributed by atoms with E-state index < -0.39 is 49.5 Å². The SMILES string of the molecule is CCCC/C=C/CC/C=C/C(O)C(COC1OC(CO)C(O)C(O)C1O)NC(=O)CCCCCCCCCCCCCCCCCCCCCCCCCCCCCCCCCCCCCCCCCCC. The number of carbonyl (C=O) groups is 1. The van der Waals surface area contributed by atoms with Gasteiger partial charge in [0.2, 0.25) is 5.91 Å². The highest BCUT2D eigenvalue weighted by Crippen LogP contribution is 2.23. The zero-order valence-corrected chi connectivity index (χ0v) is 47.5. The maximum Gasteiger partial charge on any atom is 0.220 e. The first-order valence-electron chi connectivity index (χ1n) is 31.6. The van der Waals surface area contributed by atoms with Crippen molar-refractivity contribution in [2.75, 3.05) is 13.2 Å². The summed E-state index contributed by atoms with van der Waals surface area (Å²) in [5.74, 6) is -0.185. The lowest BCUT2D eigenvalue weighted by Crippen LogP contribution is -2.60. The summed E-state index contributed by atoms with van der Waals surface area (Å²) in [7, 11) is 0. The van der Waals surface area contributed by atoms with E-state index in [0.717, 1.165) is 44.9 Å². The first-order chi connectivity index (χ1) is 35.3. The number of amides is 1. The van der Waals surface area contributed by atoms with Crippen LogP contribution in [0.2, 0.25) is 0 Å². The van der Waals surface area contributed by atoms with E-state index in [9.17, 15) is 30.3 Å². The molecule has 0 aliphatic carbocycles. The third-order valence-corrected chi connectivity index (χ3v) is 15.3. The second kappa shape index (κ2) is 53.1. The highest BCUT2D eigenvalue weighted by atomic mass is 16.7. The van der Waals surface area contributed by atoms with Crippen molar-refractivity contribution in [3.63, 3.8) is 0 Å². The summed E-state index contributed by atoms with van der Waals surface area (Å²) in [5.41, 5.74) is 0. The summed E-state index contributed by atoms with van der Waals surface area (Å²) in [6, 6.07) is -0.816. The van der Waals surface area contributed by atoms with Gasteiger partial charge in [0.15, 0.2) is 6.29 Å². The van der Waals surface area contributed by atoms with E-state index in [1.165, 1.54) is 250 Å². The number of hydrogen-bond acceptors (Lipinski definition) is 8. The summed E-state index contributed by atoms with van der Waals surface area (Å²) in [5, 5.41) is 54.1. The van der Waals surface area contributed by atoms with Crippen molar-refractivity contribution in [1.29, 1.82) is 0 Å². The molecule has 1 fully saturated rings. The molecule has 0 spiro atoms. The molecule has 0 saturated carbocycles. The summed E-state index contributed by atoms with van der Waals surface area (Å²) < 4.78 is 11.2. The van der Waals surface area contributed by atoms with E-state index in [2.05, 4.69) is 31.3 Å². The van der Waals surface area contributed by atoms with Gasteiger partial charge in [-0.1, -0.05) is 308 Å². The van der Waals surface area contributed by atoms with Crippen LogP contribution in [0, 0.1) is 0 Å². The maximum atomic E-state index is 13.0. The molecule has 7 unspecified atom stereocenters. The first-order valence-corrected chi connectivity index (χ1v) is 31.6. The van der Waals surface area contributed by atoms with Gasteiger partial charge in [0, 0.05) is 6.42 Å². The molecule has 1 heterocycles. The zero-order chi connectivity index (χ0) is 52.2. The molecule has 1 rings (SSSR count). The Morgan fingerprint density at radius 2 is 0.792 bits per heavy atom. The molecular formula is C63H121NO8. The van der Waals surface area contributed by atoms with Crippen molar-refractivity contribution in [2.24, 2.45) is 0 Å². The Labute approximate surface area is 445 Å². The normalized spacial score (nSPS) is 19.2. The van der Waals surface area contributed by atoms with Gasteiger partial charge in [0.25, 0.3) is 0 Å². The number of unbranched alkanes of at least 4 members (excludes halogenated alkanes) is 43. The van der Waals surface area contributed by atoms with E-state index in [4.69, 9.17) is 9.47 Å². The van der Waals surface area contributed by atoms with Gasteiger partial charge in [-0.2, -0.15) is 0 Å². The largest absolute Gasteiger partial charge is 0.394 e. The van der Waals surface area contributed by atoms with E-state index in [-0.39, 0.29) is 12.5 Å². The molecule has 9 nitrogen and oxygen atoms in total. The fraction of sp³-hybridized carbons (Fsp3) is 0.921. The number of hydrogen-bond donors (Lipinski definition) is 6. The molecule has 1 aliphatic rings. The van der Waals surface area contributed by atoms with Crippen LogP contribution in [0.4, 0.5) is 0 Å². The smallest absolute Gasteiger partial charge is 0.220 e. The number of allylic oxidation sites excluding steroid dienone is 3. The lowest BCUT2D eigenvalue weighted by atomic mass is 9.99. The summed E-state index contributed by atoms with van der Waals surface area (Å²) >= 11 is 0. The first kappa shape index (κ1) is 68.7. The standard InChI is InChI=1S/C63H121NO8/c1-3-5-7-9-11-13-14-15-16-17-18-19-20-21-22-23-24-25-26-27-28-29-30-31-32-33-34-35-36-37-38-39-40-41-42-43-44-45-47-49-51-53-59(67)64-56(57(66)52-50-48-46-12-10-8-6-4-2)55-71-63-62(70)61(69)60(68)58(54-65)72-63/h10,12,50,52,56-58,60-63,65-66,68-70H,3-9,11,13-49,51,53-55H2,1-2H3,(H,64,67)/b12-10+,52-50+. The van der Waals surface area contributed by atoms with Crippen LogP contribution in [0.1, 0.15) is 316 Å². The van der Waals surface area contributed by atoms with Crippen LogP contribution in [0.25, 0.3) is 0 Å². The topological polar surface area (TPSA) is 149 Å². The van der Waals surface area contributed by atoms with Gasteiger partial charge in [0.05, 0.1) is 25.4 Å². The number of ether oxygens (including phenoxy) is 2. The molecule has 1 aliphatic heterocycles. The molecule has 426 valence electrons. The van der Waals surface area contributed by atoms with Crippen LogP contribution in [0.3, 0.4) is 0 Å². The van der Waals surface area contributed by atoms with Gasteiger partial charge in [-0.3, -0.25) is 4.79 Å². The summed E-state index contributed by atoms with van der Waals surface area (Å²) in [4.78, 5) is 13.0. The third kappa shape index (κ3) is 41.9. The van der Waals surface area contributed by atoms with Crippen molar-refractivity contribution in [2.45, 2.75) is 358 Å². The average Bonchev–Trinajstić information content (AvgIpc) is 3.38. The molecule has 0 radical (unpaired) electrons. The minimum atomic E-state index is -1.57. The number of nitrogens with one attached hydrogen (secondary N) is 1.